The zero-order valence-electron chi connectivity index (χ0n) is 11.4. The van der Waals surface area contributed by atoms with E-state index in [9.17, 15) is 20.2 Å². The molecule has 10 heteroatoms. The van der Waals surface area contributed by atoms with E-state index in [0.717, 1.165) is 18.3 Å². The van der Waals surface area contributed by atoms with Crippen LogP contribution < -0.4 is 0 Å². The fraction of sp³-hybridized carbons (Fsp3) is 0. The van der Waals surface area contributed by atoms with Crippen molar-refractivity contribution >= 4 is 29.0 Å². The molecule has 0 aliphatic carbocycles. The Morgan fingerprint density at radius 2 is 1.78 bits per heavy atom. The van der Waals surface area contributed by atoms with Crippen molar-refractivity contribution < 1.29 is 9.85 Å². The van der Waals surface area contributed by atoms with E-state index < -0.39 is 21.2 Å². The van der Waals surface area contributed by atoms with Crippen molar-refractivity contribution in [1.29, 1.82) is 0 Å². The Labute approximate surface area is 128 Å². The van der Waals surface area contributed by atoms with E-state index in [0.29, 0.717) is 5.69 Å². The van der Waals surface area contributed by atoms with E-state index in [2.05, 4.69) is 15.0 Å². The zero-order chi connectivity index (χ0) is 16.8. The van der Waals surface area contributed by atoms with Crippen molar-refractivity contribution in [2.45, 2.75) is 0 Å². The number of hydrogen-bond donors (Lipinski definition) is 0. The fourth-order valence-electron chi connectivity index (χ4n) is 1.78. The summed E-state index contributed by atoms with van der Waals surface area (Å²) >= 11 is 0. The summed E-state index contributed by atoms with van der Waals surface area (Å²) in [4.78, 5) is 27.0. The van der Waals surface area contributed by atoms with Gasteiger partial charge in [-0.25, -0.2) is 0 Å². The third-order valence-electron chi connectivity index (χ3n) is 2.78. The summed E-state index contributed by atoms with van der Waals surface area (Å²) < 4.78 is 0. The summed E-state index contributed by atoms with van der Waals surface area (Å²) in [6.07, 6.45) is 1.14. The highest BCUT2D eigenvalue weighted by Crippen LogP contribution is 2.33. The Hall–Kier alpha value is -3.78. The van der Waals surface area contributed by atoms with E-state index >= 15 is 0 Å². The summed E-state index contributed by atoms with van der Waals surface area (Å²) in [7, 11) is 0. The van der Waals surface area contributed by atoms with Crippen LogP contribution in [0.1, 0.15) is 5.56 Å². The first-order valence-corrected chi connectivity index (χ1v) is 6.14. The molecular weight excluding hydrogens is 304 g/mol. The molecule has 0 aliphatic heterocycles. The van der Waals surface area contributed by atoms with Crippen LogP contribution in [0.25, 0.3) is 10.4 Å². The molecule has 10 nitrogen and oxygen atoms in total. The molecule has 0 aromatic heterocycles. The molecule has 0 atom stereocenters. The van der Waals surface area contributed by atoms with Gasteiger partial charge < -0.3 is 0 Å². The van der Waals surface area contributed by atoms with Crippen LogP contribution in [-0.2, 0) is 0 Å². The molecule has 0 bridgehead atoms. The molecule has 0 aliphatic rings. The summed E-state index contributed by atoms with van der Waals surface area (Å²) in [5.41, 5.74) is 7.62. The Morgan fingerprint density at radius 1 is 1.09 bits per heavy atom. The van der Waals surface area contributed by atoms with Crippen molar-refractivity contribution in [3.05, 3.63) is 78.7 Å². The van der Waals surface area contributed by atoms with E-state index in [-0.39, 0.29) is 11.3 Å². The van der Waals surface area contributed by atoms with Crippen LogP contribution in [-0.4, -0.2) is 16.1 Å². The topological polar surface area (TPSA) is 147 Å². The lowest BCUT2D eigenvalue weighted by Crippen LogP contribution is -1.98. The summed E-state index contributed by atoms with van der Waals surface area (Å²) in [5.74, 6) is 0. The van der Waals surface area contributed by atoms with E-state index in [1.807, 2.05) is 0 Å². The monoisotopic (exact) mass is 312 g/mol. The van der Waals surface area contributed by atoms with Crippen molar-refractivity contribution in [1.82, 2.24) is 0 Å². The number of rotatable bonds is 5. The number of para-hydroxylation sites is 1. The quantitative estimate of drug-likeness (QED) is 0.203. The normalized spacial score (nSPS) is 10.3. The van der Waals surface area contributed by atoms with Crippen LogP contribution >= 0.6 is 0 Å². The number of benzene rings is 2. The predicted molar refractivity (Wildman–Crippen MR) is 82.3 cm³/mol. The lowest BCUT2D eigenvalue weighted by atomic mass is 10.1. The average Bonchev–Trinajstić information content (AvgIpc) is 2.54. The molecule has 2 aromatic carbocycles. The zero-order valence-corrected chi connectivity index (χ0v) is 11.4. The molecule has 0 saturated carbocycles. The number of aliphatic imine (C=N–C) groups is 1. The highest BCUT2D eigenvalue weighted by molar-refractivity contribution is 5.94. The molecule has 0 heterocycles. The van der Waals surface area contributed by atoms with Crippen LogP contribution in [0.4, 0.5) is 22.7 Å². The minimum absolute atomic E-state index is 0.109. The molecule has 2 rings (SSSR count). The van der Waals surface area contributed by atoms with Gasteiger partial charge in [-0.05, 0) is 17.7 Å². The number of nitro groups is 2. The second-order valence-electron chi connectivity index (χ2n) is 4.20. The lowest BCUT2D eigenvalue weighted by molar-refractivity contribution is -0.394. The first-order valence-electron chi connectivity index (χ1n) is 6.14. The smallest absolute Gasteiger partial charge is 0.258 e. The van der Waals surface area contributed by atoms with Gasteiger partial charge in [0.15, 0.2) is 0 Å². The average molecular weight is 312 g/mol. The first-order chi connectivity index (χ1) is 11.0. The van der Waals surface area contributed by atoms with Gasteiger partial charge in [0.2, 0.25) is 0 Å². The molecular formula is C13H8N6O4. The number of hydrogen-bond acceptors (Lipinski definition) is 6. The molecule has 0 unspecified atom stereocenters. The standard InChI is InChI=1S/C13H8N6O4/c14-17-16-12-6-10(18(20)21)7-13(19(22)23)11(12)8-15-9-4-2-1-3-5-9/h1-8H. The third-order valence-corrected chi connectivity index (χ3v) is 2.78. The Morgan fingerprint density at radius 3 is 2.35 bits per heavy atom. The molecule has 0 radical (unpaired) electrons. The van der Waals surface area contributed by atoms with Crippen molar-refractivity contribution in [3.63, 3.8) is 0 Å². The van der Waals surface area contributed by atoms with Gasteiger partial charge in [-0.1, -0.05) is 23.3 Å². The Bertz CT molecular complexity index is 820. The SMILES string of the molecule is [N-]=[N+]=Nc1cc([N+](=O)[O-])cc([N+](=O)[O-])c1C=Nc1ccccc1. The van der Waals surface area contributed by atoms with E-state index in [1.54, 1.807) is 30.3 Å². The molecule has 0 amide bonds. The Balaban J connectivity index is 2.64. The van der Waals surface area contributed by atoms with Crippen molar-refractivity contribution in [2.24, 2.45) is 10.1 Å². The fourth-order valence-corrected chi connectivity index (χ4v) is 1.78. The number of nitro benzene ring substituents is 2. The molecule has 2 aromatic rings. The van der Waals surface area contributed by atoms with E-state index in [4.69, 9.17) is 5.53 Å². The van der Waals surface area contributed by atoms with Gasteiger partial charge in [0.05, 0.1) is 32.9 Å². The third kappa shape index (κ3) is 3.65. The highest BCUT2D eigenvalue weighted by atomic mass is 16.6. The second-order valence-corrected chi connectivity index (χ2v) is 4.20. The molecule has 0 saturated heterocycles. The minimum Gasteiger partial charge on any atom is -0.258 e. The van der Waals surface area contributed by atoms with Crippen LogP contribution in [0.2, 0.25) is 0 Å². The first kappa shape index (κ1) is 15.6. The summed E-state index contributed by atoms with van der Waals surface area (Å²) in [6, 6.07) is 10.3. The predicted octanol–water partition coefficient (Wildman–Crippen LogP) is 4.20. The largest absolute Gasteiger partial charge is 0.285 e. The van der Waals surface area contributed by atoms with Crippen LogP contribution in [0, 0.1) is 20.2 Å². The maximum Gasteiger partial charge on any atom is 0.285 e. The van der Waals surface area contributed by atoms with Crippen LogP contribution in [0.15, 0.2) is 52.6 Å². The number of azide groups is 1. The van der Waals surface area contributed by atoms with Gasteiger partial charge in [-0.3, -0.25) is 25.2 Å². The number of non-ortho nitro benzene ring substituents is 1. The molecule has 23 heavy (non-hydrogen) atoms. The van der Waals surface area contributed by atoms with Gasteiger partial charge in [-0.15, -0.1) is 0 Å². The molecule has 114 valence electrons. The molecule has 0 spiro atoms. The lowest BCUT2D eigenvalue weighted by Gasteiger charge is -2.02. The van der Waals surface area contributed by atoms with Crippen LogP contribution in [0.5, 0.6) is 0 Å². The number of nitrogens with zero attached hydrogens (tertiary/aromatic N) is 6. The van der Waals surface area contributed by atoms with Gasteiger partial charge in [-0.2, -0.15) is 0 Å². The summed E-state index contributed by atoms with van der Waals surface area (Å²) in [5, 5.41) is 25.3. The minimum atomic E-state index is -0.804. The van der Waals surface area contributed by atoms with Gasteiger partial charge >= 0.3 is 0 Å². The van der Waals surface area contributed by atoms with Gasteiger partial charge in [0.25, 0.3) is 11.4 Å². The molecule has 0 fully saturated rings. The van der Waals surface area contributed by atoms with Crippen molar-refractivity contribution in [2.75, 3.05) is 0 Å². The van der Waals surface area contributed by atoms with Gasteiger partial charge in [0, 0.05) is 17.2 Å². The highest BCUT2D eigenvalue weighted by Gasteiger charge is 2.22. The maximum absolute atomic E-state index is 11.2. The van der Waals surface area contributed by atoms with Crippen LogP contribution in [0.3, 0.4) is 0 Å². The van der Waals surface area contributed by atoms with Gasteiger partial charge in [0.1, 0.15) is 0 Å². The molecule has 0 N–H and O–H groups in total. The summed E-state index contributed by atoms with van der Waals surface area (Å²) in [6.45, 7) is 0. The Kier molecular flexibility index (Phi) is 4.60. The van der Waals surface area contributed by atoms with E-state index in [1.165, 1.54) is 0 Å². The van der Waals surface area contributed by atoms with Crippen molar-refractivity contribution in [3.8, 4) is 0 Å². The second kappa shape index (κ2) is 6.78. The maximum atomic E-state index is 11.2.